The van der Waals surface area contributed by atoms with E-state index in [9.17, 15) is 0 Å². The van der Waals surface area contributed by atoms with Crippen molar-refractivity contribution in [3.05, 3.63) is 229 Å². The standard InChI is InChI=1S/C58H52N2/c1-42-19-17-18-40-58(42,45-32-36-49(37-33-45)60(47-24-11-6-12-25-47)56-29-16-14-26-51(56)43-20-7-4-8-21-43)44-30-34-48(35-31-44)59(46-22-9-5-10-23-46)50-38-39-53-52-27-13-15-28-54(52)57(2,3)55(53)41-50/h4-16,20-39,41-42H,17-19,40H2,1-3H3. The first-order chi connectivity index (χ1) is 29.4. The zero-order chi connectivity index (χ0) is 40.7. The maximum Gasteiger partial charge on any atom is 0.0540 e. The molecule has 2 aliphatic carbocycles. The molecule has 0 N–H and O–H groups in total. The molecule has 60 heavy (non-hydrogen) atoms. The van der Waals surface area contributed by atoms with Gasteiger partial charge < -0.3 is 9.80 Å². The van der Waals surface area contributed by atoms with Crippen LogP contribution in [0.5, 0.6) is 0 Å². The summed E-state index contributed by atoms with van der Waals surface area (Å²) in [6.45, 7) is 7.21. The van der Waals surface area contributed by atoms with Crippen molar-refractivity contribution in [1.82, 2.24) is 0 Å². The van der Waals surface area contributed by atoms with Crippen LogP contribution < -0.4 is 9.80 Å². The number of nitrogens with zero attached hydrogens (tertiary/aromatic N) is 2. The lowest BCUT2D eigenvalue weighted by atomic mass is 9.60. The minimum absolute atomic E-state index is 0.0728. The summed E-state index contributed by atoms with van der Waals surface area (Å²) in [6, 6.07) is 76.3. The molecular formula is C58H52N2. The lowest BCUT2D eigenvalue weighted by molar-refractivity contribution is 0.244. The van der Waals surface area contributed by atoms with Gasteiger partial charge in [-0.05, 0) is 124 Å². The summed E-state index contributed by atoms with van der Waals surface area (Å²) in [7, 11) is 0. The van der Waals surface area contributed by atoms with Gasteiger partial charge in [0.25, 0.3) is 0 Å². The molecule has 0 amide bonds. The lowest BCUT2D eigenvalue weighted by Crippen LogP contribution is -2.37. The molecule has 8 aromatic rings. The van der Waals surface area contributed by atoms with Crippen LogP contribution in [0.25, 0.3) is 22.3 Å². The molecule has 1 saturated carbocycles. The lowest BCUT2D eigenvalue weighted by Gasteiger charge is -2.44. The van der Waals surface area contributed by atoms with Gasteiger partial charge in [-0.25, -0.2) is 0 Å². The van der Waals surface area contributed by atoms with Gasteiger partial charge in [0.2, 0.25) is 0 Å². The largest absolute Gasteiger partial charge is 0.310 e. The van der Waals surface area contributed by atoms with Crippen molar-refractivity contribution >= 4 is 34.1 Å². The molecule has 2 unspecified atom stereocenters. The predicted molar refractivity (Wildman–Crippen MR) is 254 cm³/mol. The van der Waals surface area contributed by atoms with E-state index in [0.29, 0.717) is 5.92 Å². The van der Waals surface area contributed by atoms with Crippen molar-refractivity contribution < 1.29 is 0 Å². The predicted octanol–water partition coefficient (Wildman–Crippen LogP) is 16.1. The smallest absolute Gasteiger partial charge is 0.0540 e. The summed E-state index contributed by atoms with van der Waals surface area (Å²) in [5.74, 6) is 0.498. The molecule has 0 saturated heterocycles. The van der Waals surface area contributed by atoms with Crippen LogP contribution in [0.2, 0.25) is 0 Å². The number of rotatable bonds is 9. The van der Waals surface area contributed by atoms with Gasteiger partial charge in [0, 0.05) is 44.8 Å². The Balaban J connectivity index is 1.04. The number of fused-ring (bicyclic) bond motifs is 3. The van der Waals surface area contributed by atoms with E-state index in [1.54, 1.807) is 0 Å². The number of hydrogen-bond acceptors (Lipinski definition) is 2. The summed E-state index contributed by atoms with van der Waals surface area (Å²) in [6.07, 6.45) is 4.85. The topological polar surface area (TPSA) is 6.48 Å². The van der Waals surface area contributed by atoms with E-state index in [-0.39, 0.29) is 10.8 Å². The van der Waals surface area contributed by atoms with Crippen molar-refractivity contribution in [3.8, 4) is 22.3 Å². The van der Waals surface area contributed by atoms with Crippen molar-refractivity contribution in [2.24, 2.45) is 5.92 Å². The highest BCUT2D eigenvalue weighted by Gasteiger charge is 2.42. The molecule has 0 bridgehead atoms. The Labute approximate surface area is 356 Å². The third-order valence-electron chi connectivity index (χ3n) is 13.7. The first kappa shape index (κ1) is 37.6. The highest BCUT2D eigenvalue weighted by molar-refractivity contribution is 5.88. The Kier molecular flexibility index (Phi) is 9.73. The highest BCUT2D eigenvalue weighted by Crippen LogP contribution is 2.52. The number of benzene rings is 8. The van der Waals surface area contributed by atoms with Crippen molar-refractivity contribution in [3.63, 3.8) is 0 Å². The average Bonchev–Trinajstić information content (AvgIpc) is 3.54. The Morgan fingerprint density at radius 3 is 1.53 bits per heavy atom. The van der Waals surface area contributed by atoms with Gasteiger partial charge in [-0.2, -0.15) is 0 Å². The van der Waals surface area contributed by atoms with Gasteiger partial charge >= 0.3 is 0 Å². The fourth-order valence-electron chi connectivity index (χ4n) is 10.6. The minimum Gasteiger partial charge on any atom is -0.310 e. The Morgan fingerprint density at radius 1 is 0.417 bits per heavy atom. The fourth-order valence-corrected chi connectivity index (χ4v) is 10.6. The molecule has 10 rings (SSSR count). The summed E-state index contributed by atoms with van der Waals surface area (Å²) in [5, 5.41) is 0. The van der Waals surface area contributed by atoms with Gasteiger partial charge in [0.05, 0.1) is 5.69 Å². The normalized spacial score (nSPS) is 17.7. The molecule has 0 aliphatic heterocycles. The number of hydrogen-bond donors (Lipinski definition) is 0. The summed E-state index contributed by atoms with van der Waals surface area (Å²) >= 11 is 0. The first-order valence-corrected chi connectivity index (χ1v) is 21.7. The molecule has 1 fully saturated rings. The zero-order valence-corrected chi connectivity index (χ0v) is 34.9. The van der Waals surface area contributed by atoms with Crippen LogP contribution in [0.1, 0.15) is 68.7 Å². The molecule has 2 heteroatoms. The highest BCUT2D eigenvalue weighted by atomic mass is 15.1. The molecule has 8 aromatic carbocycles. The molecular weight excluding hydrogens is 725 g/mol. The maximum absolute atomic E-state index is 2.48. The number of anilines is 6. The zero-order valence-electron chi connectivity index (χ0n) is 34.9. The van der Waals surface area contributed by atoms with E-state index in [4.69, 9.17) is 0 Å². The van der Waals surface area contributed by atoms with Gasteiger partial charge in [-0.3, -0.25) is 0 Å². The van der Waals surface area contributed by atoms with Crippen LogP contribution in [0, 0.1) is 5.92 Å². The van der Waals surface area contributed by atoms with Gasteiger partial charge in [0.15, 0.2) is 0 Å². The van der Waals surface area contributed by atoms with E-state index in [1.807, 2.05) is 0 Å². The second kappa shape index (κ2) is 15.5. The average molecular weight is 777 g/mol. The third kappa shape index (κ3) is 6.43. The van der Waals surface area contributed by atoms with Crippen LogP contribution in [-0.2, 0) is 10.8 Å². The molecule has 0 heterocycles. The van der Waals surface area contributed by atoms with Gasteiger partial charge in [-0.15, -0.1) is 0 Å². The van der Waals surface area contributed by atoms with Crippen molar-refractivity contribution in [2.75, 3.05) is 9.80 Å². The van der Waals surface area contributed by atoms with Gasteiger partial charge in [-0.1, -0.05) is 173 Å². The van der Waals surface area contributed by atoms with Crippen LogP contribution in [0.15, 0.2) is 206 Å². The molecule has 0 radical (unpaired) electrons. The van der Waals surface area contributed by atoms with Gasteiger partial charge in [0.1, 0.15) is 0 Å². The SMILES string of the molecule is CC1CCCCC1(c1ccc(N(c2ccccc2)c2ccc3c(c2)C(C)(C)c2ccccc2-3)cc1)c1ccc(N(c2ccccc2)c2ccccc2-c2ccccc2)cc1. The summed E-state index contributed by atoms with van der Waals surface area (Å²) in [5.41, 5.74) is 17.5. The van der Waals surface area contributed by atoms with Crippen molar-refractivity contribution in [2.45, 2.75) is 57.3 Å². The van der Waals surface area contributed by atoms with Crippen LogP contribution in [-0.4, -0.2) is 0 Å². The Bertz CT molecular complexity index is 2740. The maximum atomic E-state index is 2.48. The molecule has 0 aromatic heterocycles. The molecule has 2 atom stereocenters. The van der Waals surface area contributed by atoms with E-state index < -0.39 is 0 Å². The van der Waals surface area contributed by atoms with E-state index in [1.165, 1.54) is 80.8 Å². The second-order valence-corrected chi connectivity index (χ2v) is 17.3. The summed E-state index contributed by atoms with van der Waals surface area (Å²) in [4.78, 5) is 4.84. The fraction of sp³-hybridized carbons (Fsp3) is 0.172. The third-order valence-corrected chi connectivity index (χ3v) is 13.7. The first-order valence-electron chi connectivity index (χ1n) is 21.7. The van der Waals surface area contributed by atoms with E-state index in [2.05, 4.69) is 237 Å². The quantitative estimate of drug-likeness (QED) is 0.144. The minimum atomic E-state index is -0.0875. The molecule has 0 spiro atoms. The molecule has 2 nitrogen and oxygen atoms in total. The van der Waals surface area contributed by atoms with Crippen LogP contribution in [0.3, 0.4) is 0 Å². The van der Waals surface area contributed by atoms with Crippen molar-refractivity contribution in [1.29, 1.82) is 0 Å². The number of para-hydroxylation sites is 3. The molecule has 294 valence electrons. The Morgan fingerprint density at radius 2 is 0.900 bits per heavy atom. The molecule has 2 aliphatic rings. The van der Waals surface area contributed by atoms with Crippen LogP contribution in [0.4, 0.5) is 34.1 Å². The monoisotopic (exact) mass is 776 g/mol. The van der Waals surface area contributed by atoms with Crippen LogP contribution >= 0.6 is 0 Å². The van der Waals surface area contributed by atoms with E-state index in [0.717, 1.165) is 23.5 Å². The summed E-state index contributed by atoms with van der Waals surface area (Å²) < 4.78 is 0. The van der Waals surface area contributed by atoms with E-state index >= 15 is 0 Å². The Hall–Kier alpha value is -6.64. The second-order valence-electron chi connectivity index (χ2n) is 17.3.